The van der Waals surface area contributed by atoms with Gasteiger partial charge in [0.15, 0.2) is 0 Å². The van der Waals surface area contributed by atoms with Crippen LogP contribution in [0.15, 0.2) is 0 Å². The first-order chi connectivity index (χ1) is 9.38. The summed E-state index contributed by atoms with van der Waals surface area (Å²) >= 11 is 1.92. The summed E-state index contributed by atoms with van der Waals surface area (Å²) in [5.74, 6) is 1.60. The van der Waals surface area contributed by atoms with Crippen LogP contribution in [-0.4, -0.2) is 11.0 Å². The van der Waals surface area contributed by atoms with Gasteiger partial charge in [-0.05, 0) is 58.3 Å². The number of nitrogens with zero attached hydrogens (tertiary/aromatic N) is 1. The van der Waals surface area contributed by atoms with Crippen molar-refractivity contribution in [3.05, 3.63) is 15.6 Å². The van der Waals surface area contributed by atoms with Crippen LogP contribution in [0.1, 0.15) is 69.5 Å². The van der Waals surface area contributed by atoms with Crippen molar-refractivity contribution in [3.8, 4) is 0 Å². The summed E-state index contributed by atoms with van der Waals surface area (Å²) in [4.78, 5) is 6.39. The van der Waals surface area contributed by atoms with Gasteiger partial charge in [-0.15, -0.1) is 11.3 Å². The number of thiazole rings is 1. The molecule has 20 heavy (non-hydrogen) atoms. The van der Waals surface area contributed by atoms with Gasteiger partial charge in [0.1, 0.15) is 5.01 Å². The molecule has 1 fully saturated rings. The average molecular weight is 295 g/mol. The molecule has 0 bridgehead atoms. The van der Waals surface area contributed by atoms with E-state index in [0.717, 1.165) is 18.3 Å². The normalized spacial score (nSPS) is 30.9. The summed E-state index contributed by atoms with van der Waals surface area (Å²) in [5, 5.41) is 5.21. The Morgan fingerprint density at radius 3 is 2.55 bits per heavy atom. The minimum Gasteiger partial charge on any atom is -0.303 e. The van der Waals surface area contributed by atoms with Gasteiger partial charge in [-0.25, -0.2) is 4.98 Å². The number of hydrogen-bond acceptors (Lipinski definition) is 3. The molecule has 3 heteroatoms. The fourth-order valence-electron chi connectivity index (χ4n) is 3.51. The van der Waals surface area contributed by atoms with Crippen molar-refractivity contribution in [1.82, 2.24) is 10.3 Å². The van der Waals surface area contributed by atoms with E-state index < -0.39 is 0 Å². The molecule has 1 aromatic heterocycles. The molecule has 1 aliphatic carbocycles. The monoisotopic (exact) mass is 294 g/mol. The van der Waals surface area contributed by atoms with Gasteiger partial charge >= 0.3 is 0 Å². The van der Waals surface area contributed by atoms with Gasteiger partial charge in [-0.1, -0.05) is 20.8 Å². The molecule has 1 aromatic rings. The number of aryl methyl sites for hydroxylation is 2. The summed E-state index contributed by atoms with van der Waals surface area (Å²) in [6, 6.07) is 0.505. The fourth-order valence-corrected chi connectivity index (χ4v) is 4.71. The van der Waals surface area contributed by atoms with Crippen LogP contribution in [0.5, 0.6) is 0 Å². The molecule has 0 radical (unpaired) electrons. The number of aromatic nitrogens is 1. The van der Waals surface area contributed by atoms with Crippen molar-refractivity contribution in [2.45, 2.75) is 78.8 Å². The maximum absolute atomic E-state index is 4.99. The standard InChI is InChI=1S/C17H30N2S/c1-7-15-14(6)20-16(18-15)17(19-11(2)3)9-8-12(4)13(5)10-17/h11-13,19H,7-10H2,1-6H3. The molecule has 0 amide bonds. The van der Waals surface area contributed by atoms with Crippen LogP contribution in [0.3, 0.4) is 0 Å². The highest BCUT2D eigenvalue weighted by atomic mass is 32.1. The van der Waals surface area contributed by atoms with Crippen LogP contribution < -0.4 is 5.32 Å². The highest BCUT2D eigenvalue weighted by Gasteiger charge is 2.41. The topological polar surface area (TPSA) is 24.9 Å². The molecule has 1 aliphatic rings. The molecule has 114 valence electrons. The highest BCUT2D eigenvalue weighted by Crippen LogP contribution is 2.44. The molecule has 2 nitrogen and oxygen atoms in total. The zero-order valence-electron chi connectivity index (χ0n) is 13.9. The van der Waals surface area contributed by atoms with E-state index in [0.29, 0.717) is 6.04 Å². The van der Waals surface area contributed by atoms with Crippen LogP contribution in [0.4, 0.5) is 0 Å². The molecule has 1 N–H and O–H groups in total. The predicted molar refractivity (Wildman–Crippen MR) is 88.4 cm³/mol. The first-order valence-corrected chi connectivity index (χ1v) is 8.94. The number of hydrogen-bond donors (Lipinski definition) is 1. The lowest BCUT2D eigenvalue weighted by Gasteiger charge is -2.43. The van der Waals surface area contributed by atoms with E-state index in [1.807, 2.05) is 11.3 Å². The molecule has 3 atom stereocenters. The lowest BCUT2D eigenvalue weighted by atomic mass is 9.71. The zero-order valence-corrected chi connectivity index (χ0v) is 14.7. The maximum atomic E-state index is 4.99. The van der Waals surface area contributed by atoms with Crippen molar-refractivity contribution < 1.29 is 0 Å². The molecule has 3 unspecified atom stereocenters. The minimum absolute atomic E-state index is 0.114. The van der Waals surface area contributed by atoms with Gasteiger partial charge in [0, 0.05) is 10.9 Å². The van der Waals surface area contributed by atoms with Gasteiger partial charge < -0.3 is 5.32 Å². The van der Waals surface area contributed by atoms with E-state index in [1.165, 1.54) is 34.8 Å². The van der Waals surface area contributed by atoms with Crippen molar-refractivity contribution in [3.63, 3.8) is 0 Å². The zero-order chi connectivity index (χ0) is 14.9. The quantitative estimate of drug-likeness (QED) is 0.873. The summed E-state index contributed by atoms with van der Waals surface area (Å²) in [7, 11) is 0. The highest BCUT2D eigenvalue weighted by molar-refractivity contribution is 7.11. The lowest BCUT2D eigenvalue weighted by Crippen LogP contribution is -2.50. The molecule has 0 spiro atoms. The third-order valence-electron chi connectivity index (χ3n) is 4.87. The van der Waals surface area contributed by atoms with Crippen molar-refractivity contribution in [1.29, 1.82) is 0 Å². The second kappa shape index (κ2) is 6.15. The summed E-state index contributed by atoms with van der Waals surface area (Å²) < 4.78 is 0. The first-order valence-electron chi connectivity index (χ1n) is 8.12. The van der Waals surface area contributed by atoms with Crippen LogP contribution >= 0.6 is 11.3 Å². The molecule has 0 saturated heterocycles. The Bertz CT molecular complexity index is 452. The van der Waals surface area contributed by atoms with Gasteiger partial charge in [0.2, 0.25) is 0 Å². The molecule has 1 saturated carbocycles. The van der Waals surface area contributed by atoms with Crippen molar-refractivity contribution in [2.24, 2.45) is 11.8 Å². The van der Waals surface area contributed by atoms with Crippen LogP contribution in [0, 0.1) is 18.8 Å². The third kappa shape index (κ3) is 3.09. The molecule has 2 rings (SSSR count). The van der Waals surface area contributed by atoms with E-state index in [2.05, 4.69) is 46.9 Å². The Labute approximate surface area is 128 Å². The second-order valence-corrected chi connectivity index (χ2v) is 8.16. The van der Waals surface area contributed by atoms with Gasteiger partial charge in [0.05, 0.1) is 11.2 Å². The second-order valence-electron chi connectivity index (χ2n) is 6.95. The Balaban J connectivity index is 2.36. The summed E-state index contributed by atoms with van der Waals surface area (Å²) in [5.41, 5.74) is 1.41. The van der Waals surface area contributed by atoms with Gasteiger partial charge in [-0.2, -0.15) is 0 Å². The Morgan fingerprint density at radius 1 is 1.35 bits per heavy atom. The number of nitrogens with one attached hydrogen (secondary N) is 1. The largest absolute Gasteiger partial charge is 0.303 e. The summed E-state index contributed by atoms with van der Waals surface area (Å²) in [6.45, 7) is 13.7. The Kier molecular flexibility index (Phi) is 4.91. The van der Waals surface area contributed by atoms with Gasteiger partial charge in [-0.3, -0.25) is 0 Å². The van der Waals surface area contributed by atoms with E-state index in [1.54, 1.807) is 0 Å². The minimum atomic E-state index is 0.114. The van der Waals surface area contributed by atoms with Crippen LogP contribution in [0.25, 0.3) is 0 Å². The molecular formula is C17H30N2S. The molecule has 0 aliphatic heterocycles. The van der Waals surface area contributed by atoms with E-state index in [4.69, 9.17) is 4.98 Å². The van der Waals surface area contributed by atoms with Crippen LogP contribution in [-0.2, 0) is 12.0 Å². The first kappa shape index (κ1) is 16.0. The Hall–Kier alpha value is -0.410. The smallest absolute Gasteiger partial charge is 0.113 e. The van der Waals surface area contributed by atoms with E-state index in [-0.39, 0.29) is 5.54 Å². The SMILES string of the molecule is CCc1nc(C2(NC(C)C)CCC(C)C(C)C2)sc1C. The Morgan fingerprint density at radius 2 is 2.05 bits per heavy atom. The summed E-state index contributed by atoms with van der Waals surface area (Å²) in [6.07, 6.45) is 4.81. The van der Waals surface area contributed by atoms with E-state index >= 15 is 0 Å². The average Bonchev–Trinajstić information content (AvgIpc) is 2.75. The van der Waals surface area contributed by atoms with Crippen LogP contribution in [0.2, 0.25) is 0 Å². The van der Waals surface area contributed by atoms with E-state index in [9.17, 15) is 0 Å². The fraction of sp³-hybridized carbons (Fsp3) is 0.824. The van der Waals surface area contributed by atoms with Crippen molar-refractivity contribution >= 4 is 11.3 Å². The maximum Gasteiger partial charge on any atom is 0.113 e. The predicted octanol–water partition coefficient (Wildman–Crippen LogP) is 4.66. The van der Waals surface area contributed by atoms with Gasteiger partial charge in [0.25, 0.3) is 0 Å². The van der Waals surface area contributed by atoms with Crippen molar-refractivity contribution in [2.75, 3.05) is 0 Å². The molecular weight excluding hydrogens is 264 g/mol. The molecule has 1 heterocycles. The lowest BCUT2D eigenvalue weighted by molar-refractivity contribution is 0.131. The third-order valence-corrected chi connectivity index (χ3v) is 6.09. The molecule has 0 aromatic carbocycles. The number of rotatable bonds is 4.